The van der Waals surface area contributed by atoms with Crippen LogP contribution in [0.2, 0.25) is 0 Å². The lowest BCUT2D eigenvalue weighted by Gasteiger charge is -2.31. The van der Waals surface area contributed by atoms with Gasteiger partial charge in [-0.25, -0.2) is 0 Å². The van der Waals surface area contributed by atoms with Crippen LogP contribution in [0.5, 0.6) is 0 Å². The maximum absolute atomic E-state index is 12.2. The quantitative estimate of drug-likeness (QED) is 0.849. The number of carbonyl (C=O) groups is 1. The SMILES string of the molecule is O=C(c1c[nH]ccc1=O)N1CCC(OCCBr)CC1. The molecule has 1 aromatic heterocycles. The zero-order valence-corrected chi connectivity index (χ0v) is 12.2. The van der Waals surface area contributed by atoms with Gasteiger partial charge in [0, 0.05) is 36.9 Å². The number of pyridine rings is 1. The van der Waals surface area contributed by atoms with Gasteiger partial charge >= 0.3 is 0 Å². The number of rotatable bonds is 4. The number of likely N-dealkylation sites (tertiary alicyclic amines) is 1. The van der Waals surface area contributed by atoms with E-state index in [1.54, 1.807) is 4.90 Å². The van der Waals surface area contributed by atoms with Gasteiger partial charge in [0.25, 0.3) is 5.91 Å². The molecule has 1 N–H and O–H groups in total. The van der Waals surface area contributed by atoms with Gasteiger partial charge in [0.2, 0.25) is 0 Å². The number of alkyl halides is 1. The number of amides is 1. The first-order valence-corrected chi connectivity index (χ1v) is 7.48. The van der Waals surface area contributed by atoms with Gasteiger partial charge in [-0.3, -0.25) is 9.59 Å². The number of aromatic amines is 1. The van der Waals surface area contributed by atoms with Gasteiger partial charge in [0.05, 0.1) is 12.7 Å². The molecule has 1 fully saturated rings. The van der Waals surface area contributed by atoms with Crippen LogP contribution in [0, 0.1) is 0 Å². The Kier molecular flexibility index (Phi) is 5.15. The van der Waals surface area contributed by atoms with Crippen molar-refractivity contribution in [3.63, 3.8) is 0 Å². The molecule has 6 heteroatoms. The van der Waals surface area contributed by atoms with Gasteiger partial charge in [-0.2, -0.15) is 0 Å². The van der Waals surface area contributed by atoms with Gasteiger partial charge in [-0.1, -0.05) is 15.9 Å². The fourth-order valence-electron chi connectivity index (χ4n) is 2.19. The molecule has 0 atom stereocenters. The van der Waals surface area contributed by atoms with Crippen molar-refractivity contribution >= 4 is 21.8 Å². The van der Waals surface area contributed by atoms with Crippen LogP contribution in [-0.2, 0) is 4.74 Å². The molecule has 1 saturated heterocycles. The lowest BCUT2D eigenvalue weighted by atomic mass is 10.1. The summed E-state index contributed by atoms with van der Waals surface area (Å²) in [6.07, 6.45) is 4.86. The summed E-state index contributed by atoms with van der Waals surface area (Å²) in [5.74, 6) is -0.194. The molecule has 0 aromatic carbocycles. The van der Waals surface area contributed by atoms with Gasteiger partial charge in [-0.05, 0) is 12.8 Å². The van der Waals surface area contributed by atoms with E-state index in [9.17, 15) is 9.59 Å². The molecular weight excluding hydrogens is 312 g/mol. The standard InChI is InChI=1S/C13H17BrN2O3/c14-4-8-19-10-2-6-16(7-3-10)13(18)11-9-15-5-1-12(11)17/h1,5,9-10H,2-4,6-8H2,(H,15,17). The maximum atomic E-state index is 12.2. The van der Waals surface area contributed by atoms with E-state index in [1.807, 2.05) is 0 Å². The number of hydrogen-bond donors (Lipinski definition) is 1. The number of ether oxygens (including phenoxy) is 1. The lowest BCUT2D eigenvalue weighted by molar-refractivity contribution is 0.0159. The van der Waals surface area contributed by atoms with Crippen molar-refractivity contribution < 1.29 is 9.53 Å². The first-order valence-electron chi connectivity index (χ1n) is 6.36. The zero-order chi connectivity index (χ0) is 13.7. The van der Waals surface area contributed by atoms with Gasteiger partial charge in [-0.15, -0.1) is 0 Å². The molecule has 0 spiro atoms. The molecular formula is C13H17BrN2O3. The Morgan fingerprint density at radius 2 is 2.21 bits per heavy atom. The number of carbonyl (C=O) groups excluding carboxylic acids is 1. The van der Waals surface area contributed by atoms with E-state index in [1.165, 1.54) is 18.5 Å². The van der Waals surface area contributed by atoms with E-state index in [2.05, 4.69) is 20.9 Å². The highest BCUT2D eigenvalue weighted by atomic mass is 79.9. The Labute approximate surface area is 120 Å². The largest absolute Gasteiger partial charge is 0.377 e. The minimum absolute atomic E-state index is 0.194. The number of nitrogens with zero attached hydrogens (tertiary/aromatic N) is 1. The second-order valence-corrected chi connectivity index (χ2v) is 5.27. The van der Waals surface area contributed by atoms with Crippen molar-refractivity contribution in [2.75, 3.05) is 25.0 Å². The maximum Gasteiger partial charge on any atom is 0.259 e. The summed E-state index contributed by atoms with van der Waals surface area (Å²) in [5, 5.41) is 0.825. The molecule has 0 aliphatic carbocycles. The highest BCUT2D eigenvalue weighted by Crippen LogP contribution is 2.15. The molecule has 1 aliphatic heterocycles. The highest BCUT2D eigenvalue weighted by molar-refractivity contribution is 9.09. The van der Waals surface area contributed by atoms with Crippen LogP contribution in [0.1, 0.15) is 23.2 Å². The second kappa shape index (κ2) is 6.86. The predicted octanol–water partition coefficient (Wildman–Crippen LogP) is 1.39. The number of nitrogens with one attached hydrogen (secondary N) is 1. The van der Waals surface area contributed by atoms with E-state index >= 15 is 0 Å². The topological polar surface area (TPSA) is 62.4 Å². The van der Waals surface area contributed by atoms with Crippen LogP contribution in [0.3, 0.4) is 0 Å². The van der Waals surface area contributed by atoms with Crippen molar-refractivity contribution in [2.24, 2.45) is 0 Å². The fourth-order valence-corrected chi connectivity index (χ4v) is 2.38. The number of aromatic nitrogens is 1. The third kappa shape index (κ3) is 3.67. The van der Waals surface area contributed by atoms with Crippen molar-refractivity contribution in [1.29, 1.82) is 0 Å². The van der Waals surface area contributed by atoms with Crippen molar-refractivity contribution in [1.82, 2.24) is 9.88 Å². The molecule has 0 bridgehead atoms. The number of halogens is 1. The molecule has 19 heavy (non-hydrogen) atoms. The van der Waals surface area contributed by atoms with Crippen LogP contribution < -0.4 is 5.43 Å². The zero-order valence-electron chi connectivity index (χ0n) is 10.6. The Bertz CT molecular complexity index is 481. The summed E-state index contributed by atoms with van der Waals surface area (Å²) in [6.45, 7) is 1.97. The van der Waals surface area contributed by atoms with E-state index in [-0.39, 0.29) is 23.0 Å². The van der Waals surface area contributed by atoms with E-state index in [0.29, 0.717) is 19.7 Å². The first-order chi connectivity index (χ1) is 9.22. The molecule has 0 radical (unpaired) electrons. The molecule has 0 saturated carbocycles. The van der Waals surface area contributed by atoms with Crippen molar-refractivity contribution in [3.05, 3.63) is 34.2 Å². The van der Waals surface area contributed by atoms with Crippen LogP contribution in [0.15, 0.2) is 23.3 Å². The minimum Gasteiger partial charge on any atom is -0.377 e. The van der Waals surface area contributed by atoms with Crippen LogP contribution in [-0.4, -0.2) is 46.9 Å². The normalized spacial score (nSPS) is 16.6. The Morgan fingerprint density at radius 3 is 2.84 bits per heavy atom. The van der Waals surface area contributed by atoms with Crippen LogP contribution >= 0.6 is 15.9 Å². The summed E-state index contributed by atoms with van der Waals surface area (Å²) in [6, 6.07) is 1.37. The minimum atomic E-state index is -0.235. The first kappa shape index (κ1) is 14.3. The summed E-state index contributed by atoms with van der Waals surface area (Å²) >= 11 is 3.32. The highest BCUT2D eigenvalue weighted by Gasteiger charge is 2.25. The van der Waals surface area contributed by atoms with Crippen molar-refractivity contribution in [2.45, 2.75) is 18.9 Å². The fraction of sp³-hybridized carbons (Fsp3) is 0.538. The molecule has 1 aromatic rings. The third-order valence-electron chi connectivity index (χ3n) is 3.21. The number of H-pyrrole nitrogens is 1. The number of piperidine rings is 1. The van der Waals surface area contributed by atoms with E-state index < -0.39 is 0 Å². The third-order valence-corrected chi connectivity index (χ3v) is 3.54. The number of hydrogen-bond acceptors (Lipinski definition) is 3. The Balaban J connectivity index is 1.93. The average molecular weight is 329 g/mol. The monoisotopic (exact) mass is 328 g/mol. The van der Waals surface area contributed by atoms with Crippen molar-refractivity contribution in [3.8, 4) is 0 Å². The molecule has 1 aliphatic rings. The Hall–Kier alpha value is -1.14. The molecule has 2 heterocycles. The molecule has 104 valence electrons. The molecule has 2 rings (SSSR count). The van der Waals surface area contributed by atoms with Crippen LogP contribution in [0.4, 0.5) is 0 Å². The van der Waals surface area contributed by atoms with Gasteiger partial charge < -0.3 is 14.6 Å². The van der Waals surface area contributed by atoms with Crippen LogP contribution in [0.25, 0.3) is 0 Å². The van der Waals surface area contributed by atoms with E-state index in [4.69, 9.17) is 4.74 Å². The second-order valence-electron chi connectivity index (χ2n) is 4.47. The molecule has 5 nitrogen and oxygen atoms in total. The van der Waals surface area contributed by atoms with Gasteiger partial charge in [0.15, 0.2) is 5.43 Å². The average Bonchev–Trinajstić information content (AvgIpc) is 2.45. The van der Waals surface area contributed by atoms with E-state index in [0.717, 1.165) is 18.2 Å². The smallest absolute Gasteiger partial charge is 0.259 e. The summed E-state index contributed by atoms with van der Waals surface area (Å²) in [5.41, 5.74) is -0.0243. The molecule has 1 amide bonds. The summed E-state index contributed by atoms with van der Waals surface area (Å²) in [7, 11) is 0. The van der Waals surface area contributed by atoms with Gasteiger partial charge in [0.1, 0.15) is 5.56 Å². The predicted molar refractivity (Wildman–Crippen MR) is 75.7 cm³/mol. The summed E-state index contributed by atoms with van der Waals surface area (Å²) in [4.78, 5) is 28.3. The Morgan fingerprint density at radius 1 is 1.47 bits per heavy atom. The summed E-state index contributed by atoms with van der Waals surface area (Å²) < 4.78 is 5.64. The lowest BCUT2D eigenvalue weighted by Crippen LogP contribution is -2.42. The molecule has 0 unspecified atom stereocenters.